The van der Waals surface area contributed by atoms with E-state index in [2.05, 4.69) is 20.4 Å². The van der Waals surface area contributed by atoms with E-state index in [0.717, 1.165) is 30.5 Å². The Bertz CT molecular complexity index is 869. The lowest BCUT2D eigenvalue weighted by atomic mass is 9.90. The van der Waals surface area contributed by atoms with Gasteiger partial charge >= 0.3 is 0 Å². The maximum absolute atomic E-state index is 12.8. The van der Waals surface area contributed by atoms with Gasteiger partial charge in [0.1, 0.15) is 5.60 Å². The largest absolute Gasteiger partial charge is 0.380 e. The Kier molecular flexibility index (Phi) is 5.79. The van der Waals surface area contributed by atoms with Crippen LogP contribution >= 0.6 is 0 Å². The van der Waals surface area contributed by atoms with Crippen LogP contribution in [0.25, 0.3) is 10.9 Å². The van der Waals surface area contributed by atoms with E-state index in [0.29, 0.717) is 38.5 Å². The topological polar surface area (TPSA) is 111 Å². The average Bonchev–Trinajstić information content (AvgIpc) is 3.19. The number of hydrogen-bond acceptors (Lipinski definition) is 6. The van der Waals surface area contributed by atoms with Gasteiger partial charge in [-0.15, -0.1) is 0 Å². The van der Waals surface area contributed by atoms with Crippen molar-refractivity contribution in [3.8, 4) is 0 Å². The molecule has 2 saturated heterocycles. The van der Waals surface area contributed by atoms with E-state index < -0.39 is 5.60 Å². The number of H-pyrrole nitrogens is 1. The van der Waals surface area contributed by atoms with Gasteiger partial charge in [0.15, 0.2) is 5.69 Å². The number of morpholine rings is 1. The molecule has 0 atom stereocenters. The molecule has 9 nitrogen and oxygen atoms in total. The number of aromatic amines is 1. The molecule has 1 aromatic heterocycles. The Balaban J connectivity index is 1.29. The molecule has 156 valence electrons. The fourth-order valence-electron chi connectivity index (χ4n) is 3.90. The van der Waals surface area contributed by atoms with Crippen LogP contribution in [0, 0.1) is 0 Å². The number of para-hydroxylation sites is 1. The number of fused-ring (bicyclic) bond motifs is 1. The van der Waals surface area contributed by atoms with E-state index in [1.54, 1.807) is 4.90 Å². The number of piperidine rings is 1. The Hall–Kier alpha value is -2.49. The van der Waals surface area contributed by atoms with Gasteiger partial charge in [-0.2, -0.15) is 5.10 Å². The summed E-state index contributed by atoms with van der Waals surface area (Å²) >= 11 is 0. The molecule has 0 bridgehead atoms. The molecule has 0 saturated carbocycles. The minimum Gasteiger partial charge on any atom is -0.380 e. The molecule has 4 rings (SSSR count). The molecule has 0 aliphatic carbocycles. The first-order valence-corrected chi connectivity index (χ1v) is 10.1. The molecular weight excluding hydrogens is 374 g/mol. The first kappa shape index (κ1) is 19.8. The second-order valence-electron chi connectivity index (χ2n) is 7.65. The maximum atomic E-state index is 12.8. The van der Waals surface area contributed by atoms with Crippen molar-refractivity contribution in [1.82, 2.24) is 25.3 Å². The van der Waals surface area contributed by atoms with Crippen molar-refractivity contribution < 1.29 is 19.4 Å². The zero-order valence-corrected chi connectivity index (χ0v) is 16.4. The third-order valence-electron chi connectivity index (χ3n) is 5.79. The quantitative estimate of drug-likeness (QED) is 0.649. The number of carbonyl (C=O) groups is 2. The lowest BCUT2D eigenvalue weighted by Gasteiger charge is -2.37. The molecule has 2 aliphatic rings. The van der Waals surface area contributed by atoms with Crippen LogP contribution in [-0.2, 0) is 9.53 Å². The summed E-state index contributed by atoms with van der Waals surface area (Å²) in [4.78, 5) is 29.2. The second kappa shape index (κ2) is 8.48. The van der Waals surface area contributed by atoms with Gasteiger partial charge in [-0.05, 0) is 6.07 Å². The molecule has 1 aromatic carbocycles. The fraction of sp³-hybridized carbons (Fsp3) is 0.550. The van der Waals surface area contributed by atoms with E-state index in [4.69, 9.17) is 4.74 Å². The molecule has 9 heteroatoms. The molecule has 2 amide bonds. The van der Waals surface area contributed by atoms with Gasteiger partial charge in [0.2, 0.25) is 0 Å². The second-order valence-corrected chi connectivity index (χ2v) is 7.65. The molecule has 3 N–H and O–H groups in total. The van der Waals surface area contributed by atoms with E-state index >= 15 is 0 Å². The van der Waals surface area contributed by atoms with Gasteiger partial charge < -0.3 is 20.1 Å². The third kappa shape index (κ3) is 4.26. The van der Waals surface area contributed by atoms with E-state index in [1.807, 2.05) is 24.3 Å². The van der Waals surface area contributed by atoms with E-state index in [-0.39, 0.29) is 24.7 Å². The molecular formula is C20H27N5O4. The fourth-order valence-corrected chi connectivity index (χ4v) is 3.90. The zero-order chi connectivity index (χ0) is 20.3. The van der Waals surface area contributed by atoms with Crippen molar-refractivity contribution >= 4 is 22.7 Å². The van der Waals surface area contributed by atoms with Crippen molar-refractivity contribution in [2.24, 2.45) is 0 Å². The Morgan fingerprint density at radius 2 is 1.90 bits per heavy atom. The normalized spacial score (nSPS) is 20.0. The molecule has 29 heavy (non-hydrogen) atoms. The summed E-state index contributed by atoms with van der Waals surface area (Å²) in [6.07, 6.45) is 0.426. The molecule has 0 unspecified atom stereocenters. The molecule has 2 aliphatic heterocycles. The summed E-state index contributed by atoms with van der Waals surface area (Å²) in [5, 5.41) is 21.4. The van der Waals surface area contributed by atoms with Gasteiger partial charge in [-0.1, -0.05) is 18.2 Å². The minimum atomic E-state index is -1.44. The van der Waals surface area contributed by atoms with Gasteiger partial charge in [0.05, 0.1) is 18.7 Å². The highest BCUT2D eigenvalue weighted by Crippen LogP contribution is 2.25. The number of hydrogen-bond donors (Lipinski definition) is 3. The number of nitrogens with one attached hydrogen (secondary N) is 2. The van der Waals surface area contributed by atoms with Crippen LogP contribution < -0.4 is 5.32 Å². The molecule has 2 aromatic rings. The summed E-state index contributed by atoms with van der Waals surface area (Å²) < 4.78 is 5.31. The highest BCUT2D eigenvalue weighted by atomic mass is 16.5. The number of likely N-dealkylation sites (tertiary alicyclic amines) is 1. The molecule has 3 heterocycles. The lowest BCUT2D eigenvalue weighted by Crippen LogP contribution is -2.55. The number of nitrogens with zero attached hydrogens (tertiary/aromatic N) is 3. The predicted octanol–water partition coefficient (Wildman–Crippen LogP) is -0.0216. The van der Waals surface area contributed by atoms with Crippen LogP contribution in [-0.4, -0.2) is 95.0 Å². The summed E-state index contributed by atoms with van der Waals surface area (Å²) in [5.74, 6) is -0.541. The van der Waals surface area contributed by atoms with Gasteiger partial charge in [0.25, 0.3) is 11.8 Å². The SMILES string of the molecule is O=C(c1n[nH]c2ccccc12)N1CCC(O)(C(=O)NCCN2CCOCC2)CC1. The number of benzene rings is 1. The number of ether oxygens (including phenoxy) is 1. The number of rotatable bonds is 5. The standard InChI is InChI=1S/C20H27N5O4/c26-18(17-15-3-1-2-4-16(15)22-23-17)25-8-5-20(28,6-9-25)19(27)21-7-10-24-11-13-29-14-12-24/h1-4,28H,5-14H2,(H,21,27)(H,22,23). The predicted molar refractivity (Wildman–Crippen MR) is 106 cm³/mol. The van der Waals surface area contributed by atoms with Crippen LogP contribution in [0.1, 0.15) is 23.3 Å². The Morgan fingerprint density at radius 1 is 1.17 bits per heavy atom. The van der Waals surface area contributed by atoms with Crippen LogP contribution in [0.3, 0.4) is 0 Å². The van der Waals surface area contributed by atoms with Crippen LogP contribution in [0.15, 0.2) is 24.3 Å². The number of aromatic nitrogens is 2. The first-order valence-electron chi connectivity index (χ1n) is 10.1. The summed E-state index contributed by atoms with van der Waals surface area (Å²) in [5.41, 5.74) is -0.250. The lowest BCUT2D eigenvalue weighted by molar-refractivity contribution is -0.144. The molecule has 0 spiro atoms. The van der Waals surface area contributed by atoms with Crippen LogP contribution in [0.2, 0.25) is 0 Å². The van der Waals surface area contributed by atoms with E-state index in [1.165, 1.54) is 0 Å². The summed E-state index contributed by atoms with van der Waals surface area (Å²) in [7, 11) is 0. The average molecular weight is 401 g/mol. The molecule has 2 fully saturated rings. The number of amides is 2. The smallest absolute Gasteiger partial charge is 0.274 e. The van der Waals surface area contributed by atoms with Gasteiger partial charge in [-0.25, -0.2) is 0 Å². The zero-order valence-electron chi connectivity index (χ0n) is 16.4. The van der Waals surface area contributed by atoms with Crippen molar-refractivity contribution in [3.63, 3.8) is 0 Å². The summed E-state index contributed by atoms with van der Waals surface area (Å²) in [6.45, 7) is 5.00. The number of aliphatic hydroxyl groups is 1. The third-order valence-corrected chi connectivity index (χ3v) is 5.79. The Labute approximate surface area is 169 Å². The molecule has 0 radical (unpaired) electrons. The van der Waals surface area contributed by atoms with E-state index in [9.17, 15) is 14.7 Å². The monoisotopic (exact) mass is 401 g/mol. The van der Waals surface area contributed by atoms with Crippen molar-refractivity contribution in [1.29, 1.82) is 0 Å². The van der Waals surface area contributed by atoms with Crippen LogP contribution in [0.4, 0.5) is 0 Å². The maximum Gasteiger partial charge on any atom is 0.274 e. The highest BCUT2D eigenvalue weighted by Gasteiger charge is 2.40. The van der Waals surface area contributed by atoms with Crippen molar-refractivity contribution in [2.45, 2.75) is 18.4 Å². The first-order chi connectivity index (χ1) is 14.1. The van der Waals surface area contributed by atoms with Crippen molar-refractivity contribution in [2.75, 3.05) is 52.5 Å². The van der Waals surface area contributed by atoms with Crippen molar-refractivity contribution in [3.05, 3.63) is 30.0 Å². The van der Waals surface area contributed by atoms with Gasteiger partial charge in [0, 0.05) is 57.5 Å². The Morgan fingerprint density at radius 3 is 2.66 bits per heavy atom. The van der Waals surface area contributed by atoms with Gasteiger partial charge in [-0.3, -0.25) is 19.6 Å². The minimum absolute atomic E-state index is 0.183. The summed E-state index contributed by atoms with van der Waals surface area (Å²) in [6, 6.07) is 7.47. The van der Waals surface area contributed by atoms with Crippen LogP contribution in [0.5, 0.6) is 0 Å². The highest BCUT2D eigenvalue weighted by molar-refractivity contribution is 6.04. The number of carbonyl (C=O) groups excluding carboxylic acids is 2.